The van der Waals surface area contributed by atoms with Crippen LogP contribution in [0.15, 0.2) is 35.2 Å². The van der Waals surface area contributed by atoms with Crippen LogP contribution in [0.5, 0.6) is 0 Å². The number of nitrogens with one attached hydrogen (secondary N) is 1. The molecule has 2 heterocycles. The zero-order valence-electron chi connectivity index (χ0n) is 9.74. The highest BCUT2D eigenvalue weighted by Gasteiger charge is 2.31. The van der Waals surface area contributed by atoms with Crippen molar-refractivity contribution in [2.24, 2.45) is 0 Å². The van der Waals surface area contributed by atoms with Crippen molar-refractivity contribution in [3.63, 3.8) is 0 Å². The molecule has 0 radical (unpaired) electrons. The van der Waals surface area contributed by atoms with E-state index in [4.69, 9.17) is 0 Å². The van der Waals surface area contributed by atoms with Gasteiger partial charge in [0.15, 0.2) is 5.65 Å². The number of fused-ring (bicyclic) bond motifs is 1. The van der Waals surface area contributed by atoms with Gasteiger partial charge in [0.05, 0.1) is 11.8 Å². The van der Waals surface area contributed by atoms with Gasteiger partial charge in [-0.25, -0.2) is 15.0 Å². The molecule has 0 unspecified atom stereocenters. The molecule has 20 heavy (non-hydrogen) atoms. The molecule has 8 heteroatoms. The van der Waals surface area contributed by atoms with Crippen molar-refractivity contribution < 1.29 is 13.2 Å². The highest BCUT2D eigenvalue weighted by atomic mass is 79.9. The van der Waals surface area contributed by atoms with Gasteiger partial charge >= 0.3 is 6.18 Å². The first-order valence-electron chi connectivity index (χ1n) is 5.48. The van der Waals surface area contributed by atoms with Gasteiger partial charge in [-0.1, -0.05) is 15.9 Å². The summed E-state index contributed by atoms with van der Waals surface area (Å²) in [7, 11) is 0. The standard InChI is InChI=1S/C12H6BrF3N4/c13-8-2-1-6(12(14,15)16)3-7(8)10-19-9-4-17-5-18-11(9)20-10/h1-5H,(H,17,18,19,20). The smallest absolute Gasteiger partial charge is 0.335 e. The predicted molar refractivity (Wildman–Crippen MR) is 69.8 cm³/mol. The molecule has 0 saturated carbocycles. The Morgan fingerprint density at radius 1 is 1.20 bits per heavy atom. The van der Waals surface area contributed by atoms with Gasteiger partial charge in [0.1, 0.15) is 17.7 Å². The van der Waals surface area contributed by atoms with Crippen LogP contribution in [0.25, 0.3) is 22.6 Å². The second kappa shape index (κ2) is 4.55. The van der Waals surface area contributed by atoms with Gasteiger partial charge in [-0.3, -0.25) is 0 Å². The fourth-order valence-electron chi connectivity index (χ4n) is 1.77. The van der Waals surface area contributed by atoms with Crippen LogP contribution >= 0.6 is 15.9 Å². The molecular weight excluding hydrogens is 337 g/mol. The summed E-state index contributed by atoms with van der Waals surface area (Å²) in [6.45, 7) is 0. The van der Waals surface area contributed by atoms with Crippen LogP contribution in [0.1, 0.15) is 5.56 Å². The molecular formula is C12H6BrF3N4. The average molecular weight is 343 g/mol. The molecule has 1 N–H and O–H groups in total. The first kappa shape index (κ1) is 13.0. The molecule has 4 nitrogen and oxygen atoms in total. The zero-order chi connectivity index (χ0) is 14.3. The molecule has 0 amide bonds. The topological polar surface area (TPSA) is 54.5 Å². The van der Waals surface area contributed by atoms with Gasteiger partial charge in [-0.2, -0.15) is 13.2 Å². The highest BCUT2D eigenvalue weighted by molar-refractivity contribution is 9.10. The van der Waals surface area contributed by atoms with Crippen molar-refractivity contribution in [1.82, 2.24) is 19.9 Å². The van der Waals surface area contributed by atoms with Gasteiger partial charge in [-0.05, 0) is 18.2 Å². The van der Waals surface area contributed by atoms with Crippen molar-refractivity contribution in [3.8, 4) is 11.4 Å². The lowest BCUT2D eigenvalue weighted by molar-refractivity contribution is -0.137. The molecule has 0 atom stereocenters. The number of H-pyrrole nitrogens is 1. The third-order valence-corrected chi connectivity index (χ3v) is 3.40. The summed E-state index contributed by atoms with van der Waals surface area (Å²) in [5.41, 5.74) is 0.547. The van der Waals surface area contributed by atoms with E-state index in [0.29, 0.717) is 27.0 Å². The molecule has 102 valence electrons. The lowest BCUT2D eigenvalue weighted by atomic mass is 10.1. The van der Waals surface area contributed by atoms with E-state index in [9.17, 15) is 13.2 Å². The Morgan fingerprint density at radius 3 is 2.70 bits per heavy atom. The third kappa shape index (κ3) is 2.26. The second-order valence-electron chi connectivity index (χ2n) is 4.04. The number of benzene rings is 1. The summed E-state index contributed by atoms with van der Waals surface area (Å²) in [6, 6.07) is 3.39. The van der Waals surface area contributed by atoms with Crippen LogP contribution < -0.4 is 0 Å². The summed E-state index contributed by atoms with van der Waals surface area (Å²) in [5, 5.41) is 0. The number of aromatic nitrogens is 4. The molecule has 0 bridgehead atoms. The number of nitrogens with zero attached hydrogens (tertiary/aromatic N) is 3. The maximum Gasteiger partial charge on any atom is 0.416 e. The summed E-state index contributed by atoms with van der Waals surface area (Å²) in [4.78, 5) is 14.8. The van der Waals surface area contributed by atoms with E-state index in [1.165, 1.54) is 18.6 Å². The van der Waals surface area contributed by atoms with E-state index < -0.39 is 11.7 Å². The number of hydrogen-bond acceptors (Lipinski definition) is 3. The highest BCUT2D eigenvalue weighted by Crippen LogP contribution is 2.35. The van der Waals surface area contributed by atoms with E-state index in [1.807, 2.05) is 0 Å². The SMILES string of the molecule is FC(F)(F)c1ccc(Br)c(-c2nc3ncncc3[nH]2)c1. The Kier molecular flexibility index (Phi) is 2.97. The predicted octanol–water partition coefficient (Wildman–Crippen LogP) is 3.80. The minimum Gasteiger partial charge on any atom is -0.335 e. The van der Waals surface area contributed by atoms with E-state index in [0.717, 1.165) is 12.1 Å². The quantitative estimate of drug-likeness (QED) is 0.731. The number of imidazole rings is 1. The van der Waals surface area contributed by atoms with Crippen molar-refractivity contribution in [1.29, 1.82) is 0 Å². The van der Waals surface area contributed by atoms with Gasteiger partial charge in [0, 0.05) is 10.0 Å². The van der Waals surface area contributed by atoms with E-state index >= 15 is 0 Å². The fourth-order valence-corrected chi connectivity index (χ4v) is 2.21. The Labute approximate surface area is 119 Å². The van der Waals surface area contributed by atoms with Crippen LogP contribution in [-0.4, -0.2) is 19.9 Å². The van der Waals surface area contributed by atoms with Crippen molar-refractivity contribution in [3.05, 3.63) is 40.8 Å². The summed E-state index contributed by atoms with van der Waals surface area (Å²) in [5.74, 6) is 0.304. The van der Waals surface area contributed by atoms with E-state index in [2.05, 4.69) is 35.9 Å². The number of hydrogen-bond donors (Lipinski definition) is 1. The van der Waals surface area contributed by atoms with Crippen LogP contribution in [0.4, 0.5) is 13.2 Å². The largest absolute Gasteiger partial charge is 0.416 e. The number of alkyl halides is 3. The third-order valence-electron chi connectivity index (χ3n) is 2.71. The van der Waals surface area contributed by atoms with Crippen LogP contribution in [0.3, 0.4) is 0 Å². The first-order valence-corrected chi connectivity index (χ1v) is 6.27. The van der Waals surface area contributed by atoms with E-state index in [1.54, 1.807) is 0 Å². The molecule has 0 aliphatic heterocycles. The number of rotatable bonds is 1. The van der Waals surface area contributed by atoms with Crippen molar-refractivity contribution >= 4 is 27.1 Å². The van der Waals surface area contributed by atoms with Gasteiger partial charge in [0.2, 0.25) is 0 Å². The van der Waals surface area contributed by atoms with E-state index in [-0.39, 0.29) is 0 Å². The molecule has 0 fully saturated rings. The van der Waals surface area contributed by atoms with Gasteiger partial charge in [0.25, 0.3) is 0 Å². The second-order valence-corrected chi connectivity index (χ2v) is 4.89. The molecule has 3 aromatic rings. The summed E-state index contributed by atoms with van der Waals surface area (Å²) < 4.78 is 38.8. The van der Waals surface area contributed by atoms with Crippen LogP contribution in [0, 0.1) is 0 Å². The molecule has 0 aliphatic rings. The van der Waals surface area contributed by atoms with Gasteiger partial charge < -0.3 is 4.98 Å². The number of halogens is 4. The van der Waals surface area contributed by atoms with Crippen LogP contribution in [0.2, 0.25) is 0 Å². The Hall–Kier alpha value is -1.96. The average Bonchev–Trinajstić information content (AvgIpc) is 2.81. The zero-order valence-corrected chi connectivity index (χ0v) is 11.3. The Morgan fingerprint density at radius 2 is 2.00 bits per heavy atom. The maximum atomic E-state index is 12.8. The molecule has 0 saturated heterocycles. The molecule has 1 aromatic carbocycles. The van der Waals surface area contributed by atoms with Crippen molar-refractivity contribution in [2.45, 2.75) is 6.18 Å². The van der Waals surface area contributed by atoms with Gasteiger partial charge in [-0.15, -0.1) is 0 Å². The molecule has 0 aliphatic carbocycles. The normalized spacial score (nSPS) is 12.0. The monoisotopic (exact) mass is 342 g/mol. The maximum absolute atomic E-state index is 12.8. The minimum atomic E-state index is -4.40. The minimum absolute atomic E-state index is 0.304. The molecule has 0 spiro atoms. The lowest BCUT2D eigenvalue weighted by Crippen LogP contribution is -2.05. The molecule has 2 aromatic heterocycles. The Bertz CT molecular complexity index is 749. The van der Waals surface area contributed by atoms with Crippen LogP contribution in [-0.2, 0) is 6.18 Å². The summed E-state index contributed by atoms with van der Waals surface area (Å²) >= 11 is 3.23. The summed E-state index contributed by atoms with van der Waals surface area (Å²) in [6.07, 6.45) is -1.56. The Balaban J connectivity index is 2.17. The van der Waals surface area contributed by atoms with Crippen molar-refractivity contribution in [2.75, 3.05) is 0 Å². The molecule has 3 rings (SSSR count). The first-order chi connectivity index (χ1) is 9.45. The lowest BCUT2D eigenvalue weighted by Gasteiger charge is -2.09. The fraction of sp³-hybridized carbons (Fsp3) is 0.0833. The number of aromatic amines is 1.